The largest absolute Gasteiger partial charge is 0.511 e. The van der Waals surface area contributed by atoms with Crippen molar-refractivity contribution in [3.05, 3.63) is 73.2 Å². The van der Waals surface area contributed by atoms with Gasteiger partial charge >= 0.3 is 0 Å². The standard InChI is InChI=1S/C26H19Cl3FN3O5/c27-15-8-16(28)24(30)22(23(15)29)11-6-19(34)13(20(35)7-11)9-31-17-3-1-2-12-14(17)10-33(26(12)38)18-4-5-21(36)32-25(18)37/h1-3,8-9,11,18,34H,4-7,10H2,(H,32,36,37). The minimum atomic E-state index is -0.797. The van der Waals surface area contributed by atoms with Crippen LogP contribution in [0.5, 0.6) is 0 Å². The van der Waals surface area contributed by atoms with Crippen LogP contribution in [0.4, 0.5) is 10.1 Å². The minimum absolute atomic E-state index is 0.0343. The van der Waals surface area contributed by atoms with Gasteiger partial charge in [-0.05, 0) is 24.6 Å². The molecular formula is C26H19Cl3FN3O5. The van der Waals surface area contributed by atoms with Crippen molar-refractivity contribution in [3.63, 3.8) is 0 Å². The number of imide groups is 1. The van der Waals surface area contributed by atoms with Crippen LogP contribution in [0.3, 0.4) is 0 Å². The number of amides is 3. The maximum absolute atomic E-state index is 14.7. The van der Waals surface area contributed by atoms with Gasteiger partial charge in [0.25, 0.3) is 5.91 Å². The van der Waals surface area contributed by atoms with Gasteiger partial charge in [-0.3, -0.25) is 29.5 Å². The molecule has 0 saturated carbocycles. The van der Waals surface area contributed by atoms with E-state index in [9.17, 15) is 28.7 Å². The molecule has 1 saturated heterocycles. The van der Waals surface area contributed by atoms with Crippen LogP contribution in [0.2, 0.25) is 15.1 Å². The predicted molar refractivity (Wildman–Crippen MR) is 139 cm³/mol. The highest BCUT2D eigenvalue weighted by Crippen LogP contribution is 2.43. The molecular weight excluding hydrogens is 560 g/mol. The number of carbonyl (C=O) groups is 4. The fourth-order valence-electron chi connectivity index (χ4n) is 5.04. The molecule has 2 aliphatic heterocycles. The first kappa shape index (κ1) is 26.3. The second kappa shape index (κ2) is 10.1. The maximum atomic E-state index is 14.7. The van der Waals surface area contributed by atoms with Crippen molar-refractivity contribution in [2.24, 2.45) is 4.99 Å². The number of halogens is 4. The maximum Gasteiger partial charge on any atom is 0.255 e. The molecule has 2 unspecified atom stereocenters. The topological polar surface area (TPSA) is 116 Å². The zero-order valence-corrected chi connectivity index (χ0v) is 21.8. The van der Waals surface area contributed by atoms with Crippen LogP contribution in [0.25, 0.3) is 0 Å². The van der Waals surface area contributed by atoms with Crippen LogP contribution in [0, 0.1) is 5.82 Å². The first-order chi connectivity index (χ1) is 18.1. The first-order valence-corrected chi connectivity index (χ1v) is 12.8. The van der Waals surface area contributed by atoms with Crippen LogP contribution < -0.4 is 5.32 Å². The van der Waals surface area contributed by atoms with Crippen LogP contribution in [0.15, 0.2) is 40.6 Å². The molecule has 2 aromatic rings. The Balaban J connectivity index is 1.40. The fraction of sp³-hybridized carbons (Fsp3) is 0.269. The Hall–Kier alpha value is -3.27. The predicted octanol–water partition coefficient (Wildman–Crippen LogP) is 5.21. The van der Waals surface area contributed by atoms with Crippen molar-refractivity contribution >= 4 is 70.2 Å². The smallest absolute Gasteiger partial charge is 0.255 e. The second-order valence-corrected chi connectivity index (χ2v) is 10.4. The Morgan fingerprint density at radius 2 is 1.87 bits per heavy atom. The number of piperidine rings is 1. The number of allylic oxidation sites excluding steroid dienone is 2. The SMILES string of the molecule is O=C1CCC(N2Cc3c(N=CC4=C(O)CC(c5c(F)c(Cl)cc(Cl)c5Cl)CC4=O)cccc3C2=O)C(=O)N1. The molecule has 8 nitrogen and oxygen atoms in total. The van der Waals surface area contributed by atoms with E-state index in [-0.39, 0.29) is 76.0 Å². The molecule has 5 rings (SSSR count). The molecule has 2 N–H and O–H groups in total. The van der Waals surface area contributed by atoms with Gasteiger partial charge in [0.05, 0.1) is 26.3 Å². The lowest BCUT2D eigenvalue weighted by atomic mass is 9.82. The summed E-state index contributed by atoms with van der Waals surface area (Å²) in [6, 6.07) is 5.28. The van der Waals surface area contributed by atoms with Crippen molar-refractivity contribution in [1.82, 2.24) is 10.2 Å². The molecule has 3 amide bonds. The first-order valence-electron chi connectivity index (χ1n) is 11.7. The number of Topliss-reactive ketones (excluding diaryl/α,β-unsaturated/α-hetero) is 1. The number of nitrogens with zero attached hydrogens (tertiary/aromatic N) is 2. The summed E-state index contributed by atoms with van der Waals surface area (Å²) >= 11 is 18.1. The average molecular weight is 579 g/mol. The van der Waals surface area contributed by atoms with Gasteiger partial charge in [-0.2, -0.15) is 0 Å². The van der Waals surface area contributed by atoms with E-state index in [4.69, 9.17) is 34.8 Å². The molecule has 0 aromatic heterocycles. The lowest BCUT2D eigenvalue weighted by Crippen LogP contribution is -2.52. The number of nitrogens with one attached hydrogen (secondary N) is 1. The zero-order chi connectivity index (χ0) is 27.3. The molecule has 1 fully saturated rings. The fourth-order valence-corrected chi connectivity index (χ4v) is 5.80. The van der Waals surface area contributed by atoms with Crippen LogP contribution >= 0.6 is 34.8 Å². The van der Waals surface area contributed by atoms with Crippen LogP contribution in [-0.2, 0) is 20.9 Å². The summed E-state index contributed by atoms with van der Waals surface area (Å²) in [4.78, 5) is 55.5. The van der Waals surface area contributed by atoms with Gasteiger partial charge in [0.15, 0.2) is 5.78 Å². The average Bonchev–Trinajstić information content (AvgIpc) is 3.19. The van der Waals surface area contributed by atoms with Crippen molar-refractivity contribution in [3.8, 4) is 0 Å². The number of rotatable bonds is 4. The third-order valence-corrected chi connectivity index (χ3v) is 8.00. The summed E-state index contributed by atoms with van der Waals surface area (Å²) in [6.45, 7) is 0.0995. The number of aliphatic imine (C=N–C) groups is 1. The van der Waals surface area contributed by atoms with Gasteiger partial charge in [-0.25, -0.2) is 4.39 Å². The van der Waals surface area contributed by atoms with Crippen molar-refractivity contribution in [1.29, 1.82) is 0 Å². The quantitative estimate of drug-likeness (QED) is 0.294. The van der Waals surface area contributed by atoms with Crippen molar-refractivity contribution in [2.75, 3.05) is 0 Å². The molecule has 38 heavy (non-hydrogen) atoms. The molecule has 2 aromatic carbocycles. The Labute approximate surface area is 231 Å². The summed E-state index contributed by atoms with van der Waals surface area (Å²) in [5, 5.41) is 12.7. The van der Waals surface area contributed by atoms with E-state index >= 15 is 0 Å². The van der Waals surface area contributed by atoms with E-state index in [1.54, 1.807) is 18.2 Å². The number of fused-ring (bicyclic) bond motifs is 1. The molecule has 12 heteroatoms. The second-order valence-electron chi connectivity index (χ2n) is 9.23. The van der Waals surface area contributed by atoms with E-state index in [1.807, 2.05) is 0 Å². The Morgan fingerprint density at radius 1 is 1.11 bits per heavy atom. The van der Waals surface area contributed by atoms with E-state index in [2.05, 4.69) is 10.3 Å². The number of aliphatic hydroxyl groups is 1. The molecule has 3 aliphatic rings. The summed E-state index contributed by atoms with van der Waals surface area (Å²) in [6.07, 6.45) is 1.32. The van der Waals surface area contributed by atoms with Gasteiger partial charge < -0.3 is 10.0 Å². The number of carbonyl (C=O) groups excluding carboxylic acids is 4. The van der Waals surface area contributed by atoms with Crippen molar-refractivity contribution in [2.45, 2.75) is 44.2 Å². The molecule has 1 aliphatic carbocycles. The third kappa shape index (κ3) is 4.59. The molecule has 0 bridgehead atoms. The number of benzene rings is 2. The molecule has 2 atom stereocenters. The number of hydrogen-bond donors (Lipinski definition) is 2. The number of aliphatic hydroxyl groups excluding tert-OH is 1. The molecule has 196 valence electrons. The van der Waals surface area contributed by atoms with Gasteiger partial charge in [0.2, 0.25) is 11.8 Å². The van der Waals surface area contributed by atoms with Crippen LogP contribution in [-0.4, -0.2) is 45.8 Å². The Bertz CT molecular complexity index is 1460. The number of hydrogen-bond acceptors (Lipinski definition) is 6. The molecule has 0 spiro atoms. The monoisotopic (exact) mass is 577 g/mol. The van der Waals surface area contributed by atoms with E-state index < -0.39 is 29.5 Å². The highest BCUT2D eigenvalue weighted by molar-refractivity contribution is 6.43. The Morgan fingerprint density at radius 3 is 2.58 bits per heavy atom. The summed E-state index contributed by atoms with van der Waals surface area (Å²) in [5.74, 6) is -3.61. The van der Waals surface area contributed by atoms with Gasteiger partial charge in [-0.15, -0.1) is 0 Å². The Kier molecular flexibility index (Phi) is 7.02. The molecule has 0 radical (unpaired) electrons. The van der Waals surface area contributed by atoms with Gasteiger partial charge in [-0.1, -0.05) is 40.9 Å². The van der Waals surface area contributed by atoms with Crippen molar-refractivity contribution < 1.29 is 28.7 Å². The highest BCUT2D eigenvalue weighted by atomic mass is 35.5. The van der Waals surface area contributed by atoms with E-state index in [0.717, 1.165) is 0 Å². The normalized spacial score (nSPS) is 21.9. The van der Waals surface area contributed by atoms with Gasteiger partial charge in [0.1, 0.15) is 17.6 Å². The van der Waals surface area contributed by atoms with Gasteiger partial charge in [0, 0.05) is 54.6 Å². The van der Waals surface area contributed by atoms with Crippen LogP contribution in [0.1, 0.15) is 53.1 Å². The summed E-state index contributed by atoms with van der Waals surface area (Å²) in [7, 11) is 0. The number of ketones is 1. The lowest BCUT2D eigenvalue weighted by molar-refractivity contribution is -0.137. The summed E-state index contributed by atoms with van der Waals surface area (Å²) < 4.78 is 14.7. The summed E-state index contributed by atoms with van der Waals surface area (Å²) in [5.41, 5.74) is 1.22. The lowest BCUT2D eigenvalue weighted by Gasteiger charge is -2.29. The zero-order valence-electron chi connectivity index (χ0n) is 19.6. The minimum Gasteiger partial charge on any atom is -0.511 e. The highest BCUT2D eigenvalue weighted by Gasteiger charge is 2.40. The molecule has 2 heterocycles. The third-order valence-electron chi connectivity index (χ3n) is 6.93. The van der Waals surface area contributed by atoms with E-state index in [1.165, 1.54) is 17.2 Å². The van der Waals surface area contributed by atoms with E-state index in [0.29, 0.717) is 16.8 Å².